The van der Waals surface area contributed by atoms with Crippen molar-refractivity contribution in [3.63, 3.8) is 0 Å². The molecule has 0 nitrogen and oxygen atoms in total. The SMILES string of the molecule is CCCCCS(CCCCC)=P([S-])([S-])[S-].CCCCCS(CCCCC)=P([S-])([S-])[S-].CCCCCS(CCCCC)=P([S-])([S-])[S-].CCCCCS(CCCCC)=P([S-])([S-])[S-].[Mo+4].[Mo+4].[Mo+4]. The zero-order valence-corrected chi connectivity index (χ0v) is 62.8. The summed E-state index contributed by atoms with van der Waals surface area (Å²) in [6.07, 6.45) is 30.8. The molecule has 0 saturated carbocycles. The second-order valence-corrected chi connectivity index (χ2v) is 74.6. The van der Waals surface area contributed by atoms with Gasteiger partial charge < -0.3 is 162 Å². The largest absolute Gasteiger partial charge is 4.00 e. The molecule has 0 N–H and O–H groups in total. The molecule has 0 aliphatic heterocycles. The molecule has 0 aromatic carbocycles. The first-order chi connectivity index (χ1) is 28.1. The van der Waals surface area contributed by atoms with E-state index in [0.29, 0.717) is 0 Å². The zero-order valence-electron chi connectivity index (χ0n) is 40.2. The Kier molecular flexibility index (Phi) is 80.9. The van der Waals surface area contributed by atoms with E-state index in [1.54, 1.807) is 0 Å². The number of rotatable bonds is 32. The molecule has 0 radical (unpaired) electrons. The maximum Gasteiger partial charge on any atom is 4.00 e. The summed E-state index contributed by atoms with van der Waals surface area (Å²) in [6, 6.07) is 0. The number of hydrogen-bond acceptors (Lipinski definition) is 12. The van der Waals surface area contributed by atoms with Gasteiger partial charge in [0, 0.05) is 0 Å². The first-order valence-corrected chi connectivity index (χ1v) is 50.9. The van der Waals surface area contributed by atoms with E-state index in [1.165, 1.54) is 200 Å². The molecule has 0 unspecified atom stereocenters. The Balaban J connectivity index is -0.000000131. The minimum atomic E-state index is -1.83. The van der Waals surface area contributed by atoms with Gasteiger partial charge in [-0.3, -0.25) is 40.3 Å². The van der Waals surface area contributed by atoms with Crippen molar-refractivity contribution in [2.24, 2.45) is 0 Å². The molecule has 382 valence electrons. The fourth-order valence-corrected chi connectivity index (χ4v) is 36.9. The van der Waals surface area contributed by atoms with Gasteiger partial charge in [-0.1, -0.05) is 158 Å². The van der Waals surface area contributed by atoms with Gasteiger partial charge in [-0.15, -0.1) is 0 Å². The van der Waals surface area contributed by atoms with Crippen molar-refractivity contribution in [1.82, 2.24) is 0 Å². The molecule has 0 aliphatic carbocycles. The van der Waals surface area contributed by atoms with Gasteiger partial charge in [0.25, 0.3) is 0 Å². The molecule has 0 rings (SSSR count). The molecule has 0 fully saturated rings. The second-order valence-electron chi connectivity index (χ2n) is 14.9. The molecule has 0 heterocycles. The number of unbranched alkanes of at least 4 members (excludes halogenated alkanes) is 16. The van der Waals surface area contributed by atoms with Crippen LogP contribution in [0.5, 0.6) is 0 Å². The topological polar surface area (TPSA) is 0 Å². The third kappa shape index (κ3) is 63.8. The fraction of sp³-hybridized carbons (Fsp3) is 1.00. The van der Waals surface area contributed by atoms with Crippen LogP contribution in [0, 0.1) is 0 Å². The maximum absolute atomic E-state index is 5.36. The van der Waals surface area contributed by atoms with Gasteiger partial charge in [0.1, 0.15) is 0 Å². The van der Waals surface area contributed by atoms with Crippen LogP contribution in [0.25, 0.3) is 0 Å². The molecule has 0 aliphatic rings. The van der Waals surface area contributed by atoms with Crippen molar-refractivity contribution < 1.29 is 63.2 Å². The van der Waals surface area contributed by atoms with Crippen LogP contribution in [0.3, 0.4) is 0 Å². The first-order valence-electron chi connectivity index (χ1n) is 22.9. The molecular formula is C40H88Mo3P4S16. The van der Waals surface area contributed by atoms with Crippen molar-refractivity contribution in [2.75, 3.05) is 46.0 Å². The first kappa shape index (κ1) is 86.3. The molecule has 0 saturated heterocycles. The molecule has 63 heavy (non-hydrogen) atoms. The Morgan fingerprint density at radius 3 is 0.365 bits per heavy atom. The quantitative estimate of drug-likeness (QED) is 0.0273. The average Bonchev–Trinajstić information content (AvgIpc) is 3.15. The standard InChI is InChI=1S/4C10H22PS4.3Mo/c4*1-3-5-7-9-15(11(12,13)14)10-8-6-4-2;;;/h4*3-10H2,1-2H3;;;/q4*-3;3*+4. The summed E-state index contributed by atoms with van der Waals surface area (Å²) in [5, 5.41) is 0. The second kappa shape index (κ2) is 59.1. The van der Waals surface area contributed by atoms with E-state index in [9.17, 15) is 0 Å². The summed E-state index contributed by atoms with van der Waals surface area (Å²) in [5.74, 6) is 9.68. The molecule has 0 aromatic heterocycles. The maximum atomic E-state index is 5.36. The summed E-state index contributed by atoms with van der Waals surface area (Å²) < 4.78 is -7.31. The van der Waals surface area contributed by atoms with E-state index in [4.69, 9.17) is 147 Å². The van der Waals surface area contributed by atoms with Crippen LogP contribution in [0.4, 0.5) is 0 Å². The van der Waals surface area contributed by atoms with Gasteiger partial charge in [0.15, 0.2) is 0 Å². The van der Waals surface area contributed by atoms with Crippen molar-refractivity contribution in [3.05, 3.63) is 0 Å². The van der Waals surface area contributed by atoms with Gasteiger partial charge in [-0.25, -0.2) is 0 Å². The smallest absolute Gasteiger partial charge is 0.799 e. The van der Waals surface area contributed by atoms with Crippen LogP contribution in [0.2, 0.25) is 0 Å². The number of hydrogen-bond donors (Lipinski definition) is 0. The van der Waals surface area contributed by atoms with Gasteiger partial charge >= 0.3 is 63.2 Å². The summed E-state index contributed by atoms with van der Waals surface area (Å²) in [6.45, 7) is 17.8. The fourth-order valence-electron chi connectivity index (χ4n) is 5.45. The van der Waals surface area contributed by atoms with Gasteiger partial charge in [-0.05, 0) is 97.4 Å². The van der Waals surface area contributed by atoms with E-state index in [1.807, 2.05) is 0 Å². The van der Waals surface area contributed by atoms with E-state index in [-0.39, 0.29) is 103 Å². The predicted octanol–water partition coefficient (Wildman–Crippen LogP) is 17.2. The van der Waals surface area contributed by atoms with Gasteiger partial charge in [0.2, 0.25) is 0 Å². The van der Waals surface area contributed by atoms with Crippen LogP contribution < -0.4 is 0 Å². The molecule has 0 bridgehead atoms. The van der Waals surface area contributed by atoms with Crippen LogP contribution in [-0.2, 0) is 250 Å². The van der Waals surface area contributed by atoms with E-state index < -0.39 is 14.6 Å². The summed E-state index contributed by atoms with van der Waals surface area (Å²) in [5.41, 5.74) is 0. The monoisotopic (exact) mass is 1500 g/mol. The van der Waals surface area contributed by atoms with Crippen molar-refractivity contribution in [1.29, 1.82) is 0 Å². The van der Waals surface area contributed by atoms with E-state index in [0.717, 1.165) is 0 Å². The Morgan fingerprint density at radius 2 is 0.302 bits per heavy atom. The molecule has 0 atom stereocenters. The summed E-state index contributed by atoms with van der Waals surface area (Å²) in [4.78, 5) is 0. The average molecular weight is 1490 g/mol. The minimum Gasteiger partial charge on any atom is -0.799 e. The minimum absolute atomic E-state index is 0. The molecule has 0 aromatic rings. The summed E-state index contributed by atoms with van der Waals surface area (Å²) >= 11 is 64.3. The van der Waals surface area contributed by atoms with Gasteiger partial charge in [-0.2, -0.15) is 0 Å². The van der Waals surface area contributed by atoms with Crippen LogP contribution in [0.1, 0.15) is 209 Å². The van der Waals surface area contributed by atoms with Crippen LogP contribution in [-0.4, -0.2) is 46.0 Å². The van der Waals surface area contributed by atoms with E-state index >= 15 is 0 Å². The molecule has 23 heteroatoms. The van der Waals surface area contributed by atoms with Crippen LogP contribution in [0.15, 0.2) is 0 Å². The normalized spacial score (nSPS) is 11.8. The molecule has 0 amide bonds. The Hall–Kier alpha value is 9.38. The predicted molar refractivity (Wildman–Crippen MR) is 341 cm³/mol. The Bertz CT molecular complexity index is 958. The molecular weight excluding hydrogens is 1410 g/mol. The molecule has 0 spiro atoms. The van der Waals surface area contributed by atoms with Crippen molar-refractivity contribution in [3.8, 4) is 0 Å². The van der Waals surface area contributed by atoms with Crippen molar-refractivity contribution >= 4 is 202 Å². The third-order valence-corrected chi connectivity index (χ3v) is 52.5. The van der Waals surface area contributed by atoms with Gasteiger partial charge in [0.05, 0.1) is 0 Å². The van der Waals surface area contributed by atoms with Crippen LogP contribution >= 0.6 is 14.6 Å². The zero-order chi connectivity index (χ0) is 46.9. The summed E-state index contributed by atoms with van der Waals surface area (Å²) in [7, 11) is 0.843. The van der Waals surface area contributed by atoms with E-state index in [2.05, 4.69) is 55.4 Å². The third-order valence-electron chi connectivity index (χ3n) is 9.13. The Morgan fingerprint density at radius 1 is 0.206 bits per heavy atom. The van der Waals surface area contributed by atoms with Crippen molar-refractivity contribution in [2.45, 2.75) is 209 Å². The Labute approximate surface area is 512 Å².